The van der Waals surface area contributed by atoms with Crippen LogP contribution in [0.2, 0.25) is 0 Å². The van der Waals surface area contributed by atoms with E-state index in [2.05, 4.69) is 15.3 Å². The van der Waals surface area contributed by atoms with Crippen LogP contribution in [0.1, 0.15) is 25.7 Å². The van der Waals surface area contributed by atoms with Crippen molar-refractivity contribution in [2.24, 2.45) is 5.92 Å². The number of esters is 1. The van der Waals surface area contributed by atoms with Crippen LogP contribution in [0, 0.1) is 5.92 Å². The molecule has 1 heterocycles. The molecule has 1 saturated carbocycles. The number of nitrogens with one attached hydrogen (secondary N) is 2. The molecule has 4 N–H and O–H groups in total. The number of nitrogens with zero attached hydrogens (tertiary/aromatic N) is 1. The molecule has 0 radical (unpaired) electrons. The Morgan fingerprint density at radius 2 is 2.16 bits per heavy atom. The zero-order valence-corrected chi connectivity index (χ0v) is 10.8. The van der Waals surface area contributed by atoms with E-state index in [9.17, 15) is 9.59 Å². The molecule has 0 aromatic carbocycles. The van der Waals surface area contributed by atoms with Gasteiger partial charge < -0.3 is 20.8 Å². The van der Waals surface area contributed by atoms with Gasteiger partial charge in [0.05, 0.1) is 19.4 Å². The van der Waals surface area contributed by atoms with E-state index in [0.29, 0.717) is 5.82 Å². The summed E-state index contributed by atoms with van der Waals surface area (Å²) in [7, 11) is 1.41. The summed E-state index contributed by atoms with van der Waals surface area (Å²) in [5.41, 5.74) is 5.40. The highest BCUT2D eigenvalue weighted by Crippen LogP contribution is 2.27. The molecule has 0 spiro atoms. The second-order valence-electron chi connectivity index (χ2n) is 4.71. The average molecular weight is 266 g/mol. The number of carbonyl (C=O) groups excluding carboxylic acids is 1. The van der Waals surface area contributed by atoms with Crippen LogP contribution in [-0.2, 0) is 9.53 Å². The Kier molecular flexibility index (Phi) is 4.03. The van der Waals surface area contributed by atoms with Gasteiger partial charge in [0.1, 0.15) is 5.69 Å². The minimum absolute atomic E-state index is 0.0208. The molecule has 7 heteroatoms. The number of aromatic nitrogens is 2. The Morgan fingerprint density at radius 3 is 2.79 bits per heavy atom. The fraction of sp³-hybridized carbons (Fsp3) is 0.583. The largest absolute Gasteiger partial charge is 0.469 e. The quantitative estimate of drug-likeness (QED) is 0.687. The number of nitrogens with two attached hydrogens (primary N) is 1. The molecular weight excluding hydrogens is 248 g/mol. The second kappa shape index (κ2) is 5.73. The summed E-state index contributed by atoms with van der Waals surface area (Å²) in [4.78, 5) is 29.2. The van der Waals surface area contributed by atoms with Gasteiger partial charge in [-0.25, -0.2) is 4.98 Å². The molecule has 104 valence electrons. The number of methoxy groups -OCH3 is 1. The predicted octanol–water partition coefficient (Wildman–Crippen LogP) is 0.496. The summed E-state index contributed by atoms with van der Waals surface area (Å²) in [5.74, 6) is 0.241. The van der Waals surface area contributed by atoms with Crippen molar-refractivity contribution in [3.63, 3.8) is 0 Å². The van der Waals surface area contributed by atoms with Crippen LogP contribution in [0.15, 0.2) is 11.1 Å². The SMILES string of the molecule is COC(=O)C1CCC(Nc2nc[nH]c(=O)c2N)CC1. The standard InChI is InChI=1S/C12H18N4O3/c1-19-12(18)7-2-4-8(5-3-7)16-10-9(13)11(17)15-6-14-10/h6-8H,2-5,13H2,1H3,(H2,14,15,16,17). The fourth-order valence-electron chi connectivity index (χ4n) is 2.36. The van der Waals surface area contributed by atoms with E-state index in [1.165, 1.54) is 13.4 Å². The zero-order valence-electron chi connectivity index (χ0n) is 10.8. The maximum atomic E-state index is 11.4. The molecular formula is C12H18N4O3. The van der Waals surface area contributed by atoms with E-state index < -0.39 is 0 Å². The molecule has 1 fully saturated rings. The highest BCUT2D eigenvalue weighted by molar-refractivity contribution is 5.72. The van der Waals surface area contributed by atoms with Crippen molar-refractivity contribution in [2.45, 2.75) is 31.7 Å². The lowest BCUT2D eigenvalue weighted by molar-refractivity contribution is -0.146. The van der Waals surface area contributed by atoms with Gasteiger partial charge in [-0.3, -0.25) is 9.59 Å². The highest BCUT2D eigenvalue weighted by Gasteiger charge is 2.27. The van der Waals surface area contributed by atoms with Gasteiger partial charge >= 0.3 is 5.97 Å². The van der Waals surface area contributed by atoms with E-state index in [1.807, 2.05) is 0 Å². The van der Waals surface area contributed by atoms with Crippen LogP contribution < -0.4 is 16.6 Å². The van der Waals surface area contributed by atoms with Crippen LogP contribution in [0.4, 0.5) is 11.5 Å². The van der Waals surface area contributed by atoms with Crippen LogP contribution >= 0.6 is 0 Å². The van der Waals surface area contributed by atoms with E-state index >= 15 is 0 Å². The highest BCUT2D eigenvalue weighted by atomic mass is 16.5. The Bertz CT molecular complexity index is 506. The number of aromatic amines is 1. The molecule has 1 aliphatic rings. The molecule has 1 aromatic heterocycles. The summed E-state index contributed by atoms with van der Waals surface area (Å²) in [6, 6.07) is 0.178. The summed E-state index contributed by atoms with van der Waals surface area (Å²) in [5, 5.41) is 3.16. The lowest BCUT2D eigenvalue weighted by atomic mass is 9.86. The predicted molar refractivity (Wildman–Crippen MR) is 70.7 cm³/mol. The summed E-state index contributed by atoms with van der Waals surface area (Å²) >= 11 is 0. The number of rotatable bonds is 3. The van der Waals surface area contributed by atoms with Crippen molar-refractivity contribution in [3.8, 4) is 0 Å². The van der Waals surface area contributed by atoms with E-state index in [4.69, 9.17) is 10.5 Å². The maximum Gasteiger partial charge on any atom is 0.308 e. The van der Waals surface area contributed by atoms with Crippen molar-refractivity contribution in [3.05, 3.63) is 16.7 Å². The van der Waals surface area contributed by atoms with Gasteiger partial charge in [-0.05, 0) is 25.7 Å². The Labute approximate surface area is 110 Å². The third kappa shape index (κ3) is 3.04. The second-order valence-corrected chi connectivity index (χ2v) is 4.71. The van der Waals surface area contributed by atoms with Crippen molar-refractivity contribution in [2.75, 3.05) is 18.2 Å². The molecule has 2 rings (SSSR count). The van der Waals surface area contributed by atoms with Crippen molar-refractivity contribution in [1.82, 2.24) is 9.97 Å². The smallest absolute Gasteiger partial charge is 0.308 e. The minimum Gasteiger partial charge on any atom is -0.469 e. The van der Waals surface area contributed by atoms with Gasteiger partial charge in [0, 0.05) is 6.04 Å². The molecule has 7 nitrogen and oxygen atoms in total. The number of H-pyrrole nitrogens is 1. The average Bonchev–Trinajstić information content (AvgIpc) is 2.44. The number of anilines is 2. The molecule has 0 unspecified atom stereocenters. The van der Waals surface area contributed by atoms with Crippen molar-refractivity contribution < 1.29 is 9.53 Å². The third-order valence-corrected chi connectivity index (χ3v) is 3.49. The summed E-state index contributed by atoms with van der Waals surface area (Å²) < 4.78 is 4.74. The molecule has 0 atom stereocenters. The molecule has 19 heavy (non-hydrogen) atoms. The van der Waals surface area contributed by atoms with Crippen LogP contribution in [-0.4, -0.2) is 29.1 Å². The number of hydrogen-bond donors (Lipinski definition) is 3. The summed E-state index contributed by atoms with van der Waals surface area (Å²) in [6.45, 7) is 0. The van der Waals surface area contributed by atoms with Gasteiger partial charge in [-0.15, -0.1) is 0 Å². The molecule has 0 amide bonds. The van der Waals surface area contributed by atoms with E-state index in [-0.39, 0.29) is 29.2 Å². The van der Waals surface area contributed by atoms with Gasteiger partial charge in [-0.2, -0.15) is 0 Å². The van der Waals surface area contributed by atoms with Gasteiger partial charge in [0.15, 0.2) is 5.82 Å². The topological polar surface area (TPSA) is 110 Å². The molecule has 0 aliphatic heterocycles. The van der Waals surface area contributed by atoms with Crippen molar-refractivity contribution in [1.29, 1.82) is 0 Å². The zero-order chi connectivity index (χ0) is 13.8. The van der Waals surface area contributed by atoms with E-state index in [1.54, 1.807) is 0 Å². The summed E-state index contributed by atoms with van der Waals surface area (Å²) in [6.07, 6.45) is 4.52. The molecule has 0 bridgehead atoms. The molecule has 1 aromatic rings. The lowest BCUT2D eigenvalue weighted by Crippen LogP contribution is -2.31. The lowest BCUT2D eigenvalue weighted by Gasteiger charge is -2.28. The van der Waals surface area contributed by atoms with Gasteiger partial charge in [0.25, 0.3) is 5.56 Å². The first-order valence-corrected chi connectivity index (χ1v) is 6.29. The first kappa shape index (κ1) is 13.4. The Hall–Kier alpha value is -2.05. The van der Waals surface area contributed by atoms with Crippen molar-refractivity contribution >= 4 is 17.5 Å². The third-order valence-electron chi connectivity index (χ3n) is 3.49. The van der Waals surface area contributed by atoms with E-state index in [0.717, 1.165) is 25.7 Å². The monoisotopic (exact) mass is 266 g/mol. The first-order valence-electron chi connectivity index (χ1n) is 6.29. The van der Waals surface area contributed by atoms with Gasteiger partial charge in [0.2, 0.25) is 0 Å². The van der Waals surface area contributed by atoms with Gasteiger partial charge in [-0.1, -0.05) is 0 Å². The fourth-order valence-corrected chi connectivity index (χ4v) is 2.36. The number of nitrogen functional groups attached to an aromatic ring is 1. The first-order chi connectivity index (χ1) is 9.11. The van der Waals surface area contributed by atoms with Crippen LogP contribution in [0.25, 0.3) is 0 Å². The molecule has 0 saturated heterocycles. The normalized spacial score (nSPS) is 22.8. The number of ether oxygens (including phenoxy) is 1. The Morgan fingerprint density at radius 1 is 1.47 bits per heavy atom. The van der Waals surface area contributed by atoms with Crippen LogP contribution in [0.5, 0.6) is 0 Å². The van der Waals surface area contributed by atoms with Crippen LogP contribution in [0.3, 0.4) is 0 Å². The minimum atomic E-state index is -0.347. The number of carbonyl (C=O) groups is 1. The number of hydrogen-bond acceptors (Lipinski definition) is 6. The Balaban J connectivity index is 1.94. The maximum absolute atomic E-state index is 11.4. The molecule has 1 aliphatic carbocycles.